The molecule has 3 atom stereocenters. The van der Waals surface area contributed by atoms with Gasteiger partial charge in [-0.15, -0.1) is 0 Å². The SMILES string of the molecule is CCCOc1cncc(N2CC3CCCC(N)C3C2)n1. The molecule has 3 rings (SSSR count). The van der Waals surface area contributed by atoms with Gasteiger partial charge in [-0.2, -0.15) is 4.98 Å². The number of hydrogen-bond acceptors (Lipinski definition) is 5. The third-order valence-electron chi connectivity index (χ3n) is 4.53. The quantitative estimate of drug-likeness (QED) is 0.909. The van der Waals surface area contributed by atoms with Gasteiger partial charge in [0.05, 0.1) is 19.0 Å². The molecule has 1 aromatic rings. The molecule has 1 saturated carbocycles. The lowest BCUT2D eigenvalue weighted by Crippen LogP contribution is -2.38. The highest BCUT2D eigenvalue weighted by atomic mass is 16.5. The van der Waals surface area contributed by atoms with Gasteiger partial charge in [-0.05, 0) is 31.1 Å². The first-order valence-corrected chi connectivity index (χ1v) is 7.73. The van der Waals surface area contributed by atoms with Crippen LogP contribution in [0.2, 0.25) is 0 Å². The number of aromatic nitrogens is 2. The molecule has 2 aliphatic rings. The highest BCUT2D eigenvalue weighted by molar-refractivity contribution is 5.39. The van der Waals surface area contributed by atoms with E-state index in [0.29, 0.717) is 24.4 Å². The van der Waals surface area contributed by atoms with Crippen molar-refractivity contribution in [1.29, 1.82) is 0 Å². The van der Waals surface area contributed by atoms with Crippen LogP contribution in [0, 0.1) is 11.8 Å². The van der Waals surface area contributed by atoms with Crippen molar-refractivity contribution in [1.82, 2.24) is 9.97 Å². The molecule has 2 fully saturated rings. The van der Waals surface area contributed by atoms with Crippen molar-refractivity contribution < 1.29 is 4.74 Å². The van der Waals surface area contributed by atoms with Crippen molar-refractivity contribution in [2.45, 2.75) is 38.6 Å². The summed E-state index contributed by atoms with van der Waals surface area (Å²) in [5.41, 5.74) is 6.27. The predicted octanol–water partition coefficient (Wildman–Crippen LogP) is 1.83. The highest BCUT2D eigenvalue weighted by Gasteiger charge is 2.39. The molecule has 0 radical (unpaired) electrons. The molecule has 5 nitrogen and oxygen atoms in total. The van der Waals surface area contributed by atoms with Gasteiger partial charge in [-0.1, -0.05) is 13.3 Å². The smallest absolute Gasteiger partial charge is 0.234 e. The number of fused-ring (bicyclic) bond motifs is 1. The van der Waals surface area contributed by atoms with Gasteiger partial charge in [0.2, 0.25) is 5.88 Å². The van der Waals surface area contributed by atoms with Gasteiger partial charge in [0.15, 0.2) is 5.82 Å². The predicted molar refractivity (Wildman–Crippen MR) is 78.8 cm³/mol. The largest absolute Gasteiger partial charge is 0.477 e. The Bertz CT molecular complexity index is 453. The third kappa shape index (κ3) is 2.73. The first-order chi connectivity index (χ1) is 9.78. The Hall–Kier alpha value is -1.36. The van der Waals surface area contributed by atoms with E-state index in [2.05, 4.69) is 21.8 Å². The standard InChI is InChI=1S/C15H24N4O/c1-2-6-20-15-8-17-7-14(18-15)19-9-11-4-3-5-13(16)12(11)10-19/h7-8,11-13H,2-6,9-10,16H2,1H3. The van der Waals surface area contributed by atoms with Gasteiger partial charge in [-0.3, -0.25) is 4.98 Å². The van der Waals surface area contributed by atoms with Crippen molar-refractivity contribution in [2.75, 3.05) is 24.6 Å². The summed E-state index contributed by atoms with van der Waals surface area (Å²) < 4.78 is 5.57. The Kier molecular flexibility index (Phi) is 4.05. The number of ether oxygens (including phenoxy) is 1. The minimum Gasteiger partial charge on any atom is -0.477 e. The average Bonchev–Trinajstić information content (AvgIpc) is 2.91. The summed E-state index contributed by atoms with van der Waals surface area (Å²) in [5.74, 6) is 2.90. The van der Waals surface area contributed by atoms with Crippen LogP contribution < -0.4 is 15.4 Å². The second-order valence-electron chi connectivity index (χ2n) is 5.99. The topological polar surface area (TPSA) is 64.3 Å². The van der Waals surface area contributed by atoms with Crippen molar-refractivity contribution >= 4 is 5.82 Å². The molecule has 110 valence electrons. The lowest BCUT2D eigenvalue weighted by molar-refractivity contribution is 0.260. The minimum absolute atomic E-state index is 0.353. The minimum atomic E-state index is 0.353. The molecule has 3 unspecified atom stereocenters. The fourth-order valence-corrected chi connectivity index (χ4v) is 3.47. The van der Waals surface area contributed by atoms with E-state index in [1.165, 1.54) is 19.3 Å². The Labute approximate surface area is 120 Å². The number of nitrogens with zero attached hydrogens (tertiary/aromatic N) is 3. The molecule has 1 saturated heterocycles. The summed E-state index contributed by atoms with van der Waals surface area (Å²) >= 11 is 0. The third-order valence-corrected chi connectivity index (χ3v) is 4.53. The van der Waals surface area contributed by atoms with Crippen molar-refractivity contribution in [3.63, 3.8) is 0 Å². The Morgan fingerprint density at radius 1 is 1.35 bits per heavy atom. The maximum Gasteiger partial charge on any atom is 0.234 e. The Morgan fingerprint density at radius 3 is 3.05 bits per heavy atom. The van der Waals surface area contributed by atoms with Gasteiger partial charge in [-0.25, -0.2) is 0 Å². The van der Waals surface area contributed by atoms with Gasteiger partial charge in [0.1, 0.15) is 0 Å². The van der Waals surface area contributed by atoms with Crippen LogP contribution in [0.1, 0.15) is 32.6 Å². The molecule has 2 N–H and O–H groups in total. The molecule has 0 aromatic carbocycles. The van der Waals surface area contributed by atoms with E-state index in [1.807, 2.05) is 6.20 Å². The van der Waals surface area contributed by atoms with Crippen LogP contribution in [0.3, 0.4) is 0 Å². The zero-order chi connectivity index (χ0) is 13.9. The molecular formula is C15H24N4O. The van der Waals surface area contributed by atoms with E-state index in [-0.39, 0.29) is 0 Å². The van der Waals surface area contributed by atoms with E-state index in [4.69, 9.17) is 10.5 Å². The zero-order valence-corrected chi connectivity index (χ0v) is 12.2. The summed E-state index contributed by atoms with van der Waals surface area (Å²) in [7, 11) is 0. The second-order valence-corrected chi connectivity index (χ2v) is 5.99. The number of rotatable bonds is 4. The molecular weight excluding hydrogens is 252 g/mol. The molecule has 0 spiro atoms. The number of anilines is 1. The van der Waals surface area contributed by atoms with Crippen molar-refractivity contribution in [2.24, 2.45) is 17.6 Å². The fourth-order valence-electron chi connectivity index (χ4n) is 3.47. The first kappa shape index (κ1) is 13.6. The van der Waals surface area contributed by atoms with Gasteiger partial charge in [0, 0.05) is 19.1 Å². The number of hydrogen-bond donors (Lipinski definition) is 1. The Morgan fingerprint density at radius 2 is 2.25 bits per heavy atom. The van der Waals surface area contributed by atoms with Gasteiger partial charge in [0.25, 0.3) is 0 Å². The number of nitrogens with two attached hydrogens (primary N) is 1. The van der Waals surface area contributed by atoms with Crippen LogP contribution in [-0.2, 0) is 0 Å². The molecule has 5 heteroatoms. The lowest BCUT2D eigenvalue weighted by atomic mass is 9.78. The van der Waals surface area contributed by atoms with Gasteiger partial charge >= 0.3 is 0 Å². The first-order valence-electron chi connectivity index (χ1n) is 7.73. The zero-order valence-electron chi connectivity index (χ0n) is 12.2. The summed E-state index contributed by atoms with van der Waals surface area (Å²) in [6.45, 7) is 4.85. The molecule has 0 bridgehead atoms. The van der Waals surface area contributed by atoms with Crippen LogP contribution in [0.5, 0.6) is 5.88 Å². The summed E-state index contributed by atoms with van der Waals surface area (Å²) in [4.78, 5) is 11.2. The van der Waals surface area contributed by atoms with E-state index in [9.17, 15) is 0 Å². The molecule has 0 amide bonds. The molecule has 2 heterocycles. The van der Waals surface area contributed by atoms with E-state index in [0.717, 1.165) is 31.2 Å². The van der Waals surface area contributed by atoms with Crippen LogP contribution in [0.4, 0.5) is 5.82 Å². The van der Waals surface area contributed by atoms with Crippen LogP contribution in [0.25, 0.3) is 0 Å². The van der Waals surface area contributed by atoms with E-state index >= 15 is 0 Å². The normalized spacial score (nSPS) is 29.3. The molecule has 1 aromatic heterocycles. The van der Waals surface area contributed by atoms with Crippen LogP contribution in [-0.4, -0.2) is 35.7 Å². The summed E-state index contributed by atoms with van der Waals surface area (Å²) in [6.07, 6.45) is 8.24. The summed E-state index contributed by atoms with van der Waals surface area (Å²) in [6, 6.07) is 0.353. The average molecular weight is 276 g/mol. The van der Waals surface area contributed by atoms with E-state index < -0.39 is 0 Å². The summed E-state index contributed by atoms with van der Waals surface area (Å²) in [5, 5.41) is 0. The maximum absolute atomic E-state index is 6.27. The monoisotopic (exact) mass is 276 g/mol. The fraction of sp³-hybridized carbons (Fsp3) is 0.733. The maximum atomic E-state index is 6.27. The van der Waals surface area contributed by atoms with Crippen molar-refractivity contribution in [3.05, 3.63) is 12.4 Å². The molecule has 20 heavy (non-hydrogen) atoms. The van der Waals surface area contributed by atoms with Gasteiger partial charge < -0.3 is 15.4 Å². The van der Waals surface area contributed by atoms with Crippen molar-refractivity contribution in [3.8, 4) is 5.88 Å². The molecule has 1 aliphatic carbocycles. The lowest BCUT2D eigenvalue weighted by Gasteiger charge is -2.29. The highest BCUT2D eigenvalue weighted by Crippen LogP contribution is 2.37. The Balaban J connectivity index is 1.70. The van der Waals surface area contributed by atoms with Crippen LogP contribution in [0.15, 0.2) is 12.4 Å². The second kappa shape index (κ2) is 5.95. The van der Waals surface area contributed by atoms with E-state index in [1.54, 1.807) is 6.20 Å². The molecule has 1 aliphatic heterocycles. The van der Waals surface area contributed by atoms with Crippen LogP contribution >= 0.6 is 0 Å².